The van der Waals surface area contributed by atoms with E-state index in [0.717, 1.165) is 14.9 Å². The van der Waals surface area contributed by atoms with Crippen LogP contribution in [0.1, 0.15) is 5.56 Å². The summed E-state index contributed by atoms with van der Waals surface area (Å²) in [5.41, 5.74) is 7.52. The monoisotopic (exact) mass is 327 g/mol. The van der Waals surface area contributed by atoms with Crippen molar-refractivity contribution in [2.24, 2.45) is 0 Å². The SMILES string of the molecule is Cc1cc(N)c(Cl)cc1Sc1ccc(Br)cc1. The molecular formula is C13H11BrClNS. The molecule has 0 heterocycles. The number of aryl methyl sites for hydroxylation is 1. The first kappa shape index (κ1) is 12.8. The average molecular weight is 329 g/mol. The lowest BCUT2D eigenvalue weighted by atomic mass is 10.2. The molecule has 0 spiro atoms. The van der Waals surface area contributed by atoms with Gasteiger partial charge in [0.25, 0.3) is 0 Å². The Labute approximate surface area is 118 Å². The molecule has 0 atom stereocenters. The summed E-state index contributed by atoms with van der Waals surface area (Å²) < 4.78 is 1.08. The molecule has 2 aromatic carbocycles. The topological polar surface area (TPSA) is 26.0 Å². The van der Waals surface area contributed by atoms with Gasteiger partial charge in [-0.1, -0.05) is 39.3 Å². The fraction of sp³-hybridized carbons (Fsp3) is 0.0769. The minimum Gasteiger partial charge on any atom is -0.398 e. The minimum atomic E-state index is 0.607. The van der Waals surface area contributed by atoms with Gasteiger partial charge >= 0.3 is 0 Å². The highest BCUT2D eigenvalue weighted by Gasteiger charge is 2.05. The first-order valence-electron chi connectivity index (χ1n) is 5.05. The highest BCUT2D eigenvalue weighted by atomic mass is 79.9. The van der Waals surface area contributed by atoms with Crippen molar-refractivity contribution in [3.8, 4) is 0 Å². The Hall–Kier alpha value is -0.640. The first-order valence-corrected chi connectivity index (χ1v) is 7.04. The molecule has 0 saturated carbocycles. The lowest BCUT2D eigenvalue weighted by molar-refractivity contribution is 1.29. The maximum Gasteiger partial charge on any atom is 0.0646 e. The van der Waals surface area contributed by atoms with Gasteiger partial charge in [-0.3, -0.25) is 0 Å². The first-order chi connectivity index (χ1) is 8.06. The second-order valence-corrected chi connectivity index (χ2v) is 6.13. The Kier molecular flexibility index (Phi) is 4.02. The van der Waals surface area contributed by atoms with E-state index >= 15 is 0 Å². The van der Waals surface area contributed by atoms with Crippen LogP contribution >= 0.6 is 39.3 Å². The molecule has 0 radical (unpaired) electrons. The Morgan fingerprint density at radius 2 is 1.82 bits per heavy atom. The predicted molar refractivity (Wildman–Crippen MR) is 78.9 cm³/mol. The molecule has 0 unspecified atom stereocenters. The van der Waals surface area contributed by atoms with Gasteiger partial charge in [-0.05, 0) is 48.9 Å². The molecule has 0 aromatic heterocycles. The van der Waals surface area contributed by atoms with E-state index in [1.807, 2.05) is 31.2 Å². The number of nitrogen functional groups attached to an aromatic ring is 1. The second kappa shape index (κ2) is 5.34. The average Bonchev–Trinajstić information content (AvgIpc) is 2.29. The van der Waals surface area contributed by atoms with Crippen LogP contribution in [-0.2, 0) is 0 Å². The van der Waals surface area contributed by atoms with Crippen molar-refractivity contribution in [3.63, 3.8) is 0 Å². The molecule has 4 heteroatoms. The molecule has 17 heavy (non-hydrogen) atoms. The van der Waals surface area contributed by atoms with Gasteiger partial charge in [0, 0.05) is 14.3 Å². The third-order valence-electron chi connectivity index (χ3n) is 2.34. The van der Waals surface area contributed by atoms with E-state index in [9.17, 15) is 0 Å². The second-order valence-electron chi connectivity index (χ2n) is 3.70. The van der Waals surface area contributed by atoms with E-state index in [1.54, 1.807) is 11.8 Å². The maximum absolute atomic E-state index is 6.03. The van der Waals surface area contributed by atoms with E-state index in [-0.39, 0.29) is 0 Å². The number of anilines is 1. The zero-order valence-corrected chi connectivity index (χ0v) is 12.4. The molecule has 2 rings (SSSR count). The van der Waals surface area contributed by atoms with Crippen molar-refractivity contribution in [3.05, 3.63) is 51.5 Å². The smallest absolute Gasteiger partial charge is 0.0646 e. The molecule has 0 aliphatic rings. The molecule has 0 amide bonds. The van der Waals surface area contributed by atoms with Crippen molar-refractivity contribution in [2.75, 3.05) is 5.73 Å². The van der Waals surface area contributed by atoms with Crippen LogP contribution in [0.25, 0.3) is 0 Å². The number of benzene rings is 2. The van der Waals surface area contributed by atoms with E-state index in [0.29, 0.717) is 10.7 Å². The van der Waals surface area contributed by atoms with Crippen LogP contribution in [-0.4, -0.2) is 0 Å². The van der Waals surface area contributed by atoms with Crippen LogP contribution in [0.4, 0.5) is 5.69 Å². The van der Waals surface area contributed by atoms with Gasteiger partial charge in [-0.25, -0.2) is 0 Å². The number of nitrogens with two attached hydrogens (primary N) is 1. The van der Waals surface area contributed by atoms with Gasteiger partial charge in [0.15, 0.2) is 0 Å². The maximum atomic E-state index is 6.03. The van der Waals surface area contributed by atoms with Gasteiger partial charge in [-0.2, -0.15) is 0 Å². The highest BCUT2D eigenvalue weighted by Crippen LogP contribution is 2.34. The summed E-state index contributed by atoms with van der Waals surface area (Å²) in [6.07, 6.45) is 0. The van der Waals surface area contributed by atoms with Gasteiger partial charge in [0.1, 0.15) is 0 Å². The lowest BCUT2D eigenvalue weighted by Gasteiger charge is -2.08. The van der Waals surface area contributed by atoms with Crippen molar-refractivity contribution >= 4 is 45.0 Å². The molecule has 88 valence electrons. The van der Waals surface area contributed by atoms with Crippen molar-refractivity contribution in [2.45, 2.75) is 16.7 Å². The van der Waals surface area contributed by atoms with E-state index in [2.05, 4.69) is 28.1 Å². The van der Waals surface area contributed by atoms with Crippen LogP contribution in [0.2, 0.25) is 5.02 Å². The molecule has 0 fully saturated rings. The Morgan fingerprint density at radius 1 is 1.18 bits per heavy atom. The molecule has 0 saturated heterocycles. The minimum absolute atomic E-state index is 0.607. The highest BCUT2D eigenvalue weighted by molar-refractivity contribution is 9.10. The largest absolute Gasteiger partial charge is 0.398 e. The Balaban J connectivity index is 2.30. The van der Waals surface area contributed by atoms with Gasteiger partial charge in [0.05, 0.1) is 10.7 Å². The molecule has 0 aliphatic heterocycles. The molecule has 2 aromatic rings. The van der Waals surface area contributed by atoms with E-state index < -0.39 is 0 Å². The Morgan fingerprint density at radius 3 is 2.47 bits per heavy atom. The van der Waals surface area contributed by atoms with Gasteiger partial charge in [0.2, 0.25) is 0 Å². The fourth-order valence-corrected chi connectivity index (χ4v) is 2.84. The molecular weight excluding hydrogens is 318 g/mol. The molecule has 0 aliphatic carbocycles. The predicted octanol–water partition coefficient (Wildman–Crippen LogP) is 5.14. The molecule has 1 nitrogen and oxygen atoms in total. The number of halogens is 2. The zero-order valence-electron chi connectivity index (χ0n) is 9.21. The Bertz CT molecular complexity index is 540. The zero-order chi connectivity index (χ0) is 12.4. The summed E-state index contributed by atoms with van der Waals surface area (Å²) in [7, 11) is 0. The van der Waals surface area contributed by atoms with E-state index in [4.69, 9.17) is 17.3 Å². The van der Waals surface area contributed by atoms with E-state index in [1.165, 1.54) is 4.90 Å². The van der Waals surface area contributed by atoms with Crippen LogP contribution in [0, 0.1) is 6.92 Å². The van der Waals surface area contributed by atoms with Gasteiger partial charge < -0.3 is 5.73 Å². The van der Waals surface area contributed by atoms with Crippen LogP contribution in [0.3, 0.4) is 0 Å². The number of hydrogen-bond acceptors (Lipinski definition) is 2. The summed E-state index contributed by atoms with van der Waals surface area (Å²) in [5, 5.41) is 0.607. The lowest BCUT2D eigenvalue weighted by Crippen LogP contribution is -1.89. The summed E-state index contributed by atoms with van der Waals surface area (Å²) >= 11 is 11.1. The summed E-state index contributed by atoms with van der Waals surface area (Å²) in [5.74, 6) is 0. The third kappa shape index (κ3) is 3.18. The standard InChI is InChI=1S/C13H11BrClNS/c1-8-6-12(16)11(15)7-13(8)17-10-4-2-9(14)3-5-10/h2-7H,16H2,1H3. The van der Waals surface area contributed by atoms with Crippen LogP contribution in [0.5, 0.6) is 0 Å². The quantitative estimate of drug-likeness (QED) is 0.772. The molecule has 0 bridgehead atoms. The summed E-state index contributed by atoms with van der Waals surface area (Å²) in [4.78, 5) is 2.31. The van der Waals surface area contributed by atoms with Crippen molar-refractivity contribution in [1.29, 1.82) is 0 Å². The summed E-state index contributed by atoms with van der Waals surface area (Å²) in [6.45, 7) is 2.04. The number of rotatable bonds is 2. The van der Waals surface area contributed by atoms with Crippen LogP contribution in [0.15, 0.2) is 50.7 Å². The summed E-state index contributed by atoms with van der Waals surface area (Å²) in [6, 6.07) is 12.0. The normalized spacial score (nSPS) is 10.5. The van der Waals surface area contributed by atoms with Crippen LogP contribution < -0.4 is 5.73 Å². The fourth-order valence-electron chi connectivity index (χ4n) is 1.43. The van der Waals surface area contributed by atoms with Gasteiger partial charge in [-0.15, -0.1) is 0 Å². The van der Waals surface area contributed by atoms with Crippen molar-refractivity contribution < 1.29 is 0 Å². The van der Waals surface area contributed by atoms with Crippen molar-refractivity contribution in [1.82, 2.24) is 0 Å². The third-order valence-corrected chi connectivity index (χ3v) is 4.36. The number of hydrogen-bond donors (Lipinski definition) is 1. The molecule has 2 N–H and O–H groups in total.